The SMILES string of the molecule is CN(C)Cc1cnc(C(C)(C)NC(=O)c2c(-c3ccnn3-c3ccc(C#N)cc3)n(C)n(-c3cccc(C(F)(F)F)c3)c2=O)o1. The smallest absolute Gasteiger partial charge is 0.416 e. The summed E-state index contributed by atoms with van der Waals surface area (Å²) in [5, 5.41) is 16.4. The van der Waals surface area contributed by atoms with Crippen LogP contribution in [0.4, 0.5) is 13.2 Å². The molecule has 0 spiro atoms. The van der Waals surface area contributed by atoms with E-state index in [9.17, 15) is 28.0 Å². The number of aromatic nitrogens is 5. The minimum Gasteiger partial charge on any atom is -0.442 e. The van der Waals surface area contributed by atoms with E-state index in [2.05, 4.69) is 15.4 Å². The van der Waals surface area contributed by atoms with Gasteiger partial charge < -0.3 is 14.6 Å². The highest BCUT2D eigenvalue weighted by Crippen LogP contribution is 2.32. The van der Waals surface area contributed by atoms with Crippen LogP contribution >= 0.6 is 0 Å². The highest BCUT2D eigenvalue weighted by atomic mass is 19.4. The van der Waals surface area contributed by atoms with Crippen LogP contribution in [0.1, 0.15) is 47.0 Å². The first-order chi connectivity index (χ1) is 21.2. The molecule has 3 heterocycles. The average Bonchev–Trinajstić information content (AvgIpc) is 3.70. The van der Waals surface area contributed by atoms with E-state index in [1.54, 1.807) is 50.4 Å². The Morgan fingerprint density at radius 1 is 1.09 bits per heavy atom. The summed E-state index contributed by atoms with van der Waals surface area (Å²) < 4.78 is 50.5. The minimum absolute atomic E-state index is 0.0910. The van der Waals surface area contributed by atoms with E-state index >= 15 is 0 Å². The Morgan fingerprint density at radius 2 is 1.80 bits per heavy atom. The zero-order chi connectivity index (χ0) is 32.7. The number of halogens is 3. The lowest BCUT2D eigenvalue weighted by Crippen LogP contribution is -2.43. The summed E-state index contributed by atoms with van der Waals surface area (Å²) in [7, 11) is 5.20. The third kappa shape index (κ3) is 6.02. The number of oxazole rings is 1. The van der Waals surface area contributed by atoms with E-state index in [1.165, 1.54) is 34.7 Å². The van der Waals surface area contributed by atoms with Gasteiger partial charge in [-0.3, -0.25) is 14.3 Å². The summed E-state index contributed by atoms with van der Waals surface area (Å²) in [6.07, 6.45) is -1.65. The zero-order valence-corrected chi connectivity index (χ0v) is 25.0. The molecule has 232 valence electrons. The normalized spacial score (nSPS) is 12.0. The fourth-order valence-corrected chi connectivity index (χ4v) is 4.95. The van der Waals surface area contributed by atoms with Gasteiger partial charge in [0.05, 0.1) is 53.2 Å². The molecule has 0 bridgehead atoms. The summed E-state index contributed by atoms with van der Waals surface area (Å²) in [6.45, 7) is 3.79. The molecule has 0 unspecified atom stereocenters. The molecule has 0 fully saturated rings. The lowest BCUT2D eigenvalue weighted by molar-refractivity contribution is -0.137. The van der Waals surface area contributed by atoms with Crippen molar-refractivity contribution in [3.63, 3.8) is 0 Å². The third-order valence-corrected chi connectivity index (χ3v) is 7.02. The zero-order valence-electron chi connectivity index (χ0n) is 25.0. The molecule has 0 saturated carbocycles. The van der Waals surface area contributed by atoms with Crippen molar-refractivity contribution < 1.29 is 22.4 Å². The average molecular weight is 619 g/mol. The van der Waals surface area contributed by atoms with Gasteiger partial charge in [0.2, 0.25) is 5.89 Å². The summed E-state index contributed by atoms with van der Waals surface area (Å²) in [6, 6.07) is 14.4. The summed E-state index contributed by atoms with van der Waals surface area (Å²) in [5.74, 6) is -0.0387. The molecule has 14 heteroatoms. The number of carbonyl (C=O) groups excluding carboxylic acids is 1. The fourth-order valence-electron chi connectivity index (χ4n) is 4.95. The second kappa shape index (κ2) is 11.6. The van der Waals surface area contributed by atoms with Gasteiger partial charge in [0, 0.05) is 7.05 Å². The second-order valence-corrected chi connectivity index (χ2v) is 11.1. The number of nitriles is 1. The minimum atomic E-state index is -4.66. The molecule has 0 atom stereocenters. The molecule has 0 aliphatic rings. The molecule has 0 saturated heterocycles. The predicted molar refractivity (Wildman–Crippen MR) is 158 cm³/mol. The quantitative estimate of drug-likeness (QED) is 0.269. The topological polar surface area (TPSA) is 127 Å². The second-order valence-electron chi connectivity index (χ2n) is 11.1. The lowest BCUT2D eigenvalue weighted by atomic mass is 10.0. The molecule has 11 nitrogen and oxygen atoms in total. The van der Waals surface area contributed by atoms with Gasteiger partial charge in [-0.2, -0.15) is 23.5 Å². The molecule has 0 radical (unpaired) electrons. The van der Waals surface area contributed by atoms with Crippen LogP contribution in [0.3, 0.4) is 0 Å². The first kappa shape index (κ1) is 31.0. The molecule has 5 aromatic rings. The van der Waals surface area contributed by atoms with E-state index < -0.39 is 28.7 Å². The Bertz CT molecular complexity index is 1970. The summed E-state index contributed by atoms with van der Waals surface area (Å²) in [5.41, 5.74) is -2.09. The van der Waals surface area contributed by atoms with Gasteiger partial charge in [0.25, 0.3) is 11.5 Å². The molecule has 3 aromatic heterocycles. The van der Waals surface area contributed by atoms with Gasteiger partial charge in [-0.25, -0.2) is 14.3 Å². The molecule has 1 amide bonds. The van der Waals surface area contributed by atoms with E-state index in [1.807, 2.05) is 25.1 Å². The van der Waals surface area contributed by atoms with E-state index in [4.69, 9.17) is 4.42 Å². The van der Waals surface area contributed by atoms with Crippen molar-refractivity contribution in [1.82, 2.24) is 34.3 Å². The maximum atomic E-state index is 14.1. The highest BCUT2D eigenvalue weighted by Gasteiger charge is 2.35. The van der Waals surface area contributed by atoms with Crippen LogP contribution in [0.15, 0.2) is 76.2 Å². The van der Waals surface area contributed by atoms with E-state index in [0.717, 1.165) is 16.8 Å². The number of benzene rings is 2. The van der Waals surface area contributed by atoms with Crippen molar-refractivity contribution in [1.29, 1.82) is 5.26 Å². The van der Waals surface area contributed by atoms with Crippen LogP contribution in [0.25, 0.3) is 22.8 Å². The largest absolute Gasteiger partial charge is 0.442 e. The Kier molecular flexibility index (Phi) is 7.99. The van der Waals surface area contributed by atoms with E-state index in [0.29, 0.717) is 29.2 Å². The Balaban J connectivity index is 1.67. The first-order valence-electron chi connectivity index (χ1n) is 13.7. The maximum absolute atomic E-state index is 14.1. The summed E-state index contributed by atoms with van der Waals surface area (Å²) >= 11 is 0. The molecule has 5 rings (SSSR count). The third-order valence-electron chi connectivity index (χ3n) is 7.02. The number of carbonyl (C=O) groups is 1. The molecule has 1 N–H and O–H groups in total. The van der Waals surface area contributed by atoms with Crippen LogP contribution in [0, 0.1) is 11.3 Å². The van der Waals surface area contributed by atoms with Crippen molar-refractivity contribution in [2.75, 3.05) is 14.1 Å². The Hall–Kier alpha value is -5.42. The Labute approximate surface area is 255 Å². The maximum Gasteiger partial charge on any atom is 0.416 e. The van der Waals surface area contributed by atoms with Crippen LogP contribution < -0.4 is 10.9 Å². The van der Waals surface area contributed by atoms with Crippen LogP contribution in [-0.4, -0.2) is 49.0 Å². The van der Waals surface area contributed by atoms with Crippen molar-refractivity contribution >= 4 is 5.91 Å². The van der Waals surface area contributed by atoms with Gasteiger partial charge in [-0.1, -0.05) is 6.07 Å². The van der Waals surface area contributed by atoms with Crippen LogP contribution in [0.2, 0.25) is 0 Å². The number of hydrogen-bond acceptors (Lipinski definition) is 7. The van der Waals surface area contributed by atoms with Crippen molar-refractivity contribution in [2.24, 2.45) is 7.05 Å². The van der Waals surface area contributed by atoms with Gasteiger partial charge in [-0.15, -0.1) is 0 Å². The number of nitrogens with zero attached hydrogens (tertiary/aromatic N) is 7. The highest BCUT2D eigenvalue weighted by molar-refractivity contribution is 6.00. The van der Waals surface area contributed by atoms with Gasteiger partial charge in [-0.05, 0) is 76.5 Å². The first-order valence-corrected chi connectivity index (χ1v) is 13.7. The van der Waals surface area contributed by atoms with E-state index in [-0.39, 0.29) is 22.8 Å². The predicted octanol–water partition coefficient (Wildman–Crippen LogP) is 4.63. The molecule has 45 heavy (non-hydrogen) atoms. The number of nitrogens with one attached hydrogen (secondary N) is 1. The number of hydrogen-bond donors (Lipinski definition) is 1. The number of amides is 1. The van der Waals surface area contributed by atoms with Gasteiger partial charge in [0.15, 0.2) is 0 Å². The number of rotatable bonds is 8. The van der Waals surface area contributed by atoms with Crippen molar-refractivity contribution in [3.05, 3.63) is 106 Å². The lowest BCUT2D eigenvalue weighted by Gasteiger charge is -2.22. The number of alkyl halides is 3. The summed E-state index contributed by atoms with van der Waals surface area (Å²) in [4.78, 5) is 34.3. The molecular weight excluding hydrogens is 589 g/mol. The molecule has 0 aliphatic heterocycles. The molecule has 2 aromatic carbocycles. The fraction of sp³-hybridized carbons (Fsp3) is 0.258. The van der Waals surface area contributed by atoms with Crippen LogP contribution in [0.5, 0.6) is 0 Å². The monoisotopic (exact) mass is 618 g/mol. The van der Waals surface area contributed by atoms with Crippen LogP contribution in [-0.2, 0) is 25.3 Å². The molecule has 0 aliphatic carbocycles. The molecular formula is C31H29F3N8O3. The standard InChI is InChI=1S/C31H29F3N8O3/c1-30(2,29-36-17-23(45-29)18-39(3)4)38-27(43)25-26(24-13-14-37-41(24)21-11-9-19(16-35)10-12-21)40(5)42(28(25)44)22-8-6-7-20(15-22)31(32,33)34/h6-15,17H,18H2,1-5H3,(H,38,43). The van der Waals surface area contributed by atoms with Crippen molar-refractivity contribution in [2.45, 2.75) is 32.1 Å². The van der Waals surface area contributed by atoms with Gasteiger partial charge >= 0.3 is 6.18 Å². The Morgan fingerprint density at radius 3 is 2.44 bits per heavy atom. The van der Waals surface area contributed by atoms with Gasteiger partial charge in [0.1, 0.15) is 22.6 Å². The van der Waals surface area contributed by atoms with Crippen molar-refractivity contribution in [3.8, 4) is 28.8 Å².